The van der Waals surface area contributed by atoms with E-state index in [9.17, 15) is 4.79 Å². The summed E-state index contributed by atoms with van der Waals surface area (Å²) in [5.74, 6) is 2.75. The van der Waals surface area contributed by atoms with Gasteiger partial charge in [-0.05, 0) is 5.92 Å². The van der Waals surface area contributed by atoms with Crippen molar-refractivity contribution < 1.29 is 0 Å². The number of anilines is 1. The molecule has 0 radical (unpaired) electrons. The summed E-state index contributed by atoms with van der Waals surface area (Å²) in [6.45, 7) is 4.00. The second-order valence-corrected chi connectivity index (χ2v) is 2.76. The van der Waals surface area contributed by atoms with Gasteiger partial charge < -0.3 is 10.3 Å². The minimum Gasteiger partial charge on any atom is -0.369 e. The highest BCUT2D eigenvalue weighted by Crippen LogP contribution is 2.07. The first-order valence-corrected chi connectivity index (χ1v) is 4.82. The van der Waals surface area contributed by atoms with Crippen molar-refractivity contribution in [2.24, 2.45) is 7.05 Å². The molecule has 2 aromatic rings. The number of fused-ring (bicyclic) bond motifs is 1. The second kappa shape index (κ2) is 4.49. The Kier molecular flexibility index (Phi) is 3.30. The average Bonchev–Trinajstić information content (AvgIpc) is 2.59. The van der Waals surface area contributed by atoms with Gasteiger partial charge in [0.05, 0.1) is 0 Å². The standard InChI is InChI=1S/C8H7N5O.C2H6/c1-3-4-10-5-6(13(4)2)11-8(9)12-7(5)14;1-2/h1H,2H3,(H3,9,11,12,14);1-2H3. The lowest BCUT2D eigenvalue weighted by molar-refractivity contribution is 0.909. The van der Waals surface area contributed by atoms with Crippen molar-refractivity contribution in [3.05, 3.63) is 16.2 Å². The van der Waals surface area contributed by atoms with E-state index >= 15 is 0 Å². The Labute approximate surface area is 92.5 Å². The maximum atomic E-state index is 11.4. The average molecular weight is 219 g/mol. The smallest absolute Gasteiger partial charge is 0.280 e. The summed E-state index contributed by atoms with van der Waals surface area (Å²) in [5, 5.41) is 0. The van der Waals surface area contributed by atoms with Gasteiger partial charge in [-0.3, -0.25) is 9.78 Å². The Morgan fingerprint density at radius 2 is 2.06 bits per heavy atom. The number of nitrogens with zero attached hydrogens (tertiary/aromatic N) is 3. The predicted molar refractivity (Wildman–Crippen MR) is 62.8 cm³/mol. The molecule has 0 unspecified atom stereocenters. The van der Waals surface area contributed by atoms with E-state index < -0.39 is 0 Å². The third-order valence-corrected chi connectivity index (χ3v) is 1.88. The summed E-state index contributed by atoms with van der Waals surface area (Å²) in [6, 6.07) is 0. The normalized spacial score (nSPS) is 9.38. The number of terminal acetylenes is 1. The number of aromatic nitrogens is 4. The van der Waals surface area contributed by atoms with Crippen LogP contribution in [0.2, 0.25) is 0 Å². The van der Waals surface area contributed by atoms with E-state index in [0.29, 0.717) is 11.5 Å². The number of rotatable bonds is 0. The highest BCUT2D eigenvalue weighted by molar-refractivity contribution is 5.72. The quantitative estimate of drug-likeness (QED) is 0.621. The fourth-order valence-electron chi connectivity index (χ4n) is 1.22. The number of aryl methyl sites for hydroxylation is 1. The van der Waals surface area contributed by atoms with Crippen molar-refractivity contribution >= 4 is 17.1 Å². The van der Waals surface area contributed by atoms with Gasteiger partial charge in [0, 0.05) is 7.05 Å². The third kappa shape index (κ3) is 1.75. The third-order valence-electron chi connectivity index (χ3n) is 1.88. The number of nitrogen functional groups attached to an aromatic ring is 1. The lowest BCUT2D eigenvalue weighted by Gasteiger charge is -1.95. The van der Waals surface area contributed by atoms with Crippen LogP contribution < -0.4 is 11.3 Å². The molecule has 0 bridgehead atoms. The maximum Gasteiger partial charge on any atom is 0.280 e. The van der Waals surface area contributed by atoms with Crippen LogP contribution in [0.5, 0.6) is 0 Å². The Balaban J connectivity index is 0.000000606. The first-order chi connectivity index (χ1) is 7.63. The first-order valence-electron chi connectivity index (χ1n) is 4.82. The summed E-state index contributed by atoms with van der Waals surface area (Å²) >= 11 is 0. The van der Waals surface area contributed by atoms with Crippen molar-refractivity contribution in [2.45, 2.75) is 13.8 Å². The monoisotopic (exact) mass is 219 g/mol. The van der Waals surface area contributed by atoms with E-state index in [2.05, 4.69) is 20.9 Å². The van der Waals surface area contributed by atoms with Crippen molar-refractivity contribution in [3.63, 3.8) is 0 Å². The molecule has 0 amide bonds. The van der Waals surface area contributed by atoms with Crippen molar-refractivity contribution in [2.75, 3.05) is 5.73 Å². The van der Waals surface area contributed by atoms with Gasteiger partial charge >= 0.3 is 0 Å². The van der Waals surface area contributed by atoms with Gasteiger partial charge in [0.2, 0.25) is 5.95 Å². The molecule has 0 aliphatic carbocycles. The number of imidazole rings is 1. The van der Waals surface area contributed by atoms with Crippen LogP contribution in [0.15, 0.2) is 4.79 Å². The minimum atomic E-state index is -0.385. The fraction of sp³-hybridized carbons (Fsp3) is 0.300. The van der Waals surface area contributed by atoms with E-state index in [-0.39, 0.29) is 17.0 Å². The van der Waals surface area contributed by atoms with E-state index in [1.54, 1.807) is 11.6 Å². The van der Waals surface area contributed by atoms with Crippen molar-refractivity contribution in [1.82, 2.24) is 19.5 Å². The topological polar surface area (TPSA) is 89.6 Å². The van der Waals surface area contributed by atoms with Crippen LogP contribution in [-0.2, 0) is 7.05 Å². The zero-order valence-electron chi connectivity index (χ0n) is 9.40. The zero-order chi connectivity index (χ0) is 12.3. The van der Waals surface area contributed by atoms with Gasteiger partial charge in [0.15, 0.2) is 17.0 Å². The zero-order valence-corrected chi connectivity index (χ0v) is 9.40. The molecule has 0 aliphatic rings. The molecule has 0 fully saturated rings. The highest BCUT2D eigenvalue weighted by Gasteiger charge is 2.10. The lowest BCUT2D eigenvalue weighted by Crippen LogP contribution is -2.11. The molecule has 6 nitrogen and oxygen atoms in total. The summed E-state index contributed by atoms with van der Waals surface area (Å²) in [6.07, 6.45) is 5.20. The summed E-state index contributed by atoms with van der Waals surface area (Å²) in [5.41, 5.74) is 5.59. The van der Waals surface area contributed by atoms with Crippen LogP contribution in [0.4, 0.5) is 5.95 Å². The molecule has 0 aliphatic heterocycles. The van der Waals surface area contributed by atoms with Crippen LogP contribution in [0.3, 0.4) is 0 Å². The summed E-state index contributed by atoms with van der Waals surface area (Å²) < 4.78 is 1.54. The van der Waals surface area contributed by atoms with Crippen LogP contribution in [0, 0.1) is 12.3 Å². The summed E-state index contributed by atoms with van der Waals surface area (Å²) in [7, 11) is 1.68. The fourth-order valence-corrected chi connectivity index (χ4v) is 1.22. The number of H-pyrrole nitrogens is 1. The molecule has 6 heteroatoms. The minimum absolute atomic E-state index is 0.0501. The Morgan fingerprint density at radius 1 is 1.44 bits per heavy atom. The largest absolute Gasteiger partial charge is 0.369 e. The molecule has 0 saturated carbocycles. The molecule has 3 N–H and O–H groups in total. The van der Waals surface area contributed by atoms with Crippen molar-refractivity contribution in [1.29, 1.82) is 0 Å². The number of hydrogen-bond donors (Lipinski definition) is 2. The van der Waals surface area contributed by atoms with Gasteiger partial charge in [-0.25, -0.2) is 4.98 Å². The molecule has 0 aromatic carbocycles. The van der Waals surface area contributed by atoms with E-state index in [4.69, 9.17) is 12.2 Å². The number of aromatic amines is 1. The molecule has 84 valence electrons. The Hall–Kier alpha value is -2.29. The first kappa shape index (κ1) is 11.8. The van der Waals surface area contributed by atoms with Gasteiger partial charge in [-0.2, -0.15) is 4.98 Å². The molecular weight excluding hydrogens is 206 g/mol. The van der Waals surface area contributed by atoms with E-state index in [0.717, 1.165) is 0 Å². The number of hydrogen-bond acceptors (Lipinski definition) is 4. The molecule has 2 rings (SSSR count). The predicted octanol–water partition coefficient (Wildman–Crippen LogP) is 0.246. The van der Waals surface area contributed by atoms with Crippen LogP contribution in [0.1, 0.15) is 19.7 Å². The highest BCUT2D eigenvalue weighted by atomic mass is 16.1. The maximum absolute atomic E-state index is 11.4. The number of nitrogens with one attached hydrogen (secondary N) is 1. The van der Waals surface area contributed by atoms with Gasteiger partial charge in [-0.15, -0.1) is 6.42 Å². The van der Waals surface area contributed by atoms with Gasteiger partial charge in [0.1, 0.15) is 0 Å². The SMILES string of the molecule is C#Cc1nc2c(=O)[nH]c(N)nc2n1C.CC. The van der Waals surface area contributed by atoms with Gasteiger partial charge in [-0.1, -0.05) is 13.8 Å². The Bertz CT molecular complexity index is 602. The Morgan fingerprint density at radius 3 is 2.62 bits per heavy atom. The molecule has 16 heavy (non-hydrogen) atoms. The summed E-state index contributed by atoms with van der Waals surface area (Å²) in [4.78, 5) is 21.6. The van der Waals surface area contributed by atoms with Crippen LogP contribution in [-0.4, -0.2) is 19.5 Å². The van der Waals surface area contributed by atoms with Crippen LogP contribution >= 0.6 is 0 Å². The van der Waals surface area contributed by atoms with Crippen molar-refractivity contribution in [3.8, 4) is 12.3 Å². The molecular formula is C10H13N5O. The molecule has 0 atom stereocenters. The second-order valence-electron chi connectivity index (χ2n) is 2.76. The molecule has 2 heterocycles. The molecule has 0 spiro atoms. The molecule has 0 saturated heterocycles. The number of nitrogens with two attached hydrogens (primary N) is 1. The van der Waals surface area contributed by atoms with E-state index in [1.165, 1.54) is 0 Å². The molecule has 2 aromatic heterocycles. The van der Waals surface area contributed by atoms with Gasteiger partial charge in [0.25, 0.3) is 5.56 Å². The van der Waals surface area contributed by atoms with E-state index in [1.807, 2.05) is 13.8 Å². The lowest BCUT2D eigenvalue weighted by atomic mass is 10.5. The van der Waals surface area contributed by atoms with Crippen LogP contribution in [0.25, 0.3) is 11.2 Å².